The number of hydrogen-bond acceptors (Lipinski definition) is 2. The summed E-state index contributed by atoms with van der Waals surface area (Å²) in [6.07, 6.45) is 5.50. The number of rotatable bonds is 7. The molecule has 0 rings (SSSR count). The third-order valence-electron chi connectivity index (χ3n) is 3.15. The second kappa shape index (κ2) is 6.39. The van der Waals surface area contributed by atoms with Crippen molar-refractivity contribution in [2.45, 2.75) is 64.5 Å². The molecular formula is C11H25NO. The van der Waals surface area contributed by atoms with Crippen LogP contribution in [0.5, 0.6) is 0 Å². The van der Waals surface area contributed by atoms with E-state index in [0.29, 0.717) is 0 Å². The van der Waals surface area contributed by atoms with Crippen LogP contribution in [0, 0.1) is 0 Å². The molecule has 2 N–H and O–H groups in total. The Morgan fingerprint density at radius 2 is 1.77 bits per heavy atom. The molecule has 2 heteroatoms. The van der Waals surface area contributed by atoms with Gasteiger partial charge in [0.05, 0.1) is 5.60 Å². The average Bonchev–Trinajstić information content (AvgIpc) is 2.18. The lowest BCUT2D eigenvalue weighted by Gasteiger charge is -2.36. The molecule has 0 aliphatic rings. The molecule has 0 aliphatic heterocycles. The van der Waals surface area contributed by atoms with Crippen molar-refractivity contribution in [1.82, 2.24) is 0 Å². The van der Waals surface area contributed by atoms with Gasteiger partial charge < -0.3 is 10.5 Å². The molecule has 0 saturated heterocycles. The Morgan fingerprint density at radius 3 is 2.08 bits per heavy atom. The van der Waals surface area contributed by atoms with Gasteiger partial charge in [-0.05, 0) is 19.3 Å². The molecule has 0 heterocycles. The Kier molecular flexibility index (Phi) is 6.35. The maximum atomic E-state index is 6.15. The van der Waals surface area contributed by atoms with Crippen LogP contribution in [0.25, 0.3) is 0 Å². The van der Waals surface area contributed by atoms with Crippen molar-refractivity contribution >= 4 is 0 Å². The minimum absolute atomic E-state index is 0.0881. The molecule has 1 unspecified atom stereocenters. The van der Waals surface area contributed by atoms with E-state index in [2.05, 4.69) is 20.8 Å². The van der Waals surface area contributed by atoms with E-state index in [4.69, 9.17) is 10.5 Å². The molecule has 0 fully saturated rings. The van der Waals surface area contributed by atoms with Gasteiger partial charge in [-0.1, -0.05) is 33.6 Å². The van der Waals surface area contributed by atoms with E-state index in [1.807, 2.05) is 0 Å². The first-order valence-electron chi connectivity index (χ1n) is 5.47. The number of ether oxygens (including phenoxy) is 1. The molecule has 0 radical (unpaired) electrons. The topological polar surface area (TPSA) is 35.2 Å². The number of methoxy groups -OCH3 is 1. The summed E-state index contributed by atoms with van der Waals surface area (Å²) in [6.45, 7) is 6.50. The van der Waals surface area contributed by atoms with Gasteiger partial charge in [-0.2, -0.15) is 0 Å². The lowest BCUT2D eigenvalue weighted by atomic mass is 9.86. The summed E-state index contributed by atoms with van der Waals surface area (Å²) in [7, 11) is 1.78. The predicted molar refractivity (Wildman–Crippen MR) is 57.8 cm³/mol. The van der Waals surface area contributed by atoms with Gasteiger partial charge in [-0.3, -0.25) is 0 Å². The highest BCUT2D eigenvalue weighted by Gasteiger charge is 2.32. The summed E-state index contributed by atoms with van der Waals surface area (Å²) >= 11 is 0. The Bertz CT molecular complexity index is 113. The van der Waals surface area contributed by atoms with Crippen molar-refractivity contribution in [3.05, 3.63) is 0 Å². The lowest BCUT2D eigenvalue weighted by molar-refractivity contribution is -0.0398. The number of unbranched alkanes of at least 4 members (excludes halogenated alkanes) is 1. The van der Waals surface area contributed by atoms with Gasteiger partial charge in [0.25, 0.3) is 0 Å². The first-order chi connectivity index (χ1) is 6.16. The van der Waals surface area contributed by atoms with Gasteiger partial charge in [-0.15, -0.1) is 0 Å². The zero-order chi connectivity index (χ0) is 10.3. The highest BCUT2D eigenvalue weighted by atomic mass is 16.5. The van der Waals surface area contributed by atoms with Gasteiger partial charge in [0, 0.05) is 13.2 Å². The van der Waals surface area contributed by atoms with Crippen LogP contribution in [-0.2, 0) is 4.74 Å². The first-order valence-corrected chi connectivity index (χ1v) is 5.47. The van der Waals surface area contributed by atoms with Gasteiger partial charge in [0.15, 0.2) is 0 Å². The average molecular weight is 187 g/mol. The van der Waals surface area contributed by atoms with Crippen molar-refractivity contribution in [3.63, 3.8) is 0 Å². The van der Waals surface area contributed by atoms with E-state index in [1.165, 1.54) is 12.8 Å². The molecule has 0 aliphatic carbocycles. The zero-order valence-corrected chi connectivity index (χ0v) is 9.60. The standard InChI is InChI=1S/C11H25NO/c1-5-8-9-10(12)11(6-2,7-3)13-4/h10H,5-9,12H2,1-4H3. The Hall–Kier alpha value is -0.0800. The van der Waals surface area contributed by atoms with E-state index >= 15 is 0 Å². The fourth-order valence-corrected chi connectivity index (χ4v) is 1.90. The predicted octanol–water partition coefficient (Wildman–Crippen LogP) is 2.71. The highest BCUT2D eigenvalue weighted by molar-refractivity contribution is 4.88. The van der Waals surface area contributed by atoms with Crippen LogP contribution in [0.3, 0.4) is 0 Å². The quantitative estimate of drug-likeness (QED) is 0.665. The smallest absolute Gasteiger partial charge is 0.0823 e. The third kappa shape index (κ3) is 3.28. The number of nitrogens with two attached hydrogens (primary N) is 1. The summed E-state index contributed by atoms with van der Waals surface area (Å²) < 4.78 is 5.57. The Balaban J connectivity index is 4.17. The van der Waals surface area contributed by atoms with Crippen molar-refractivity contribution in [1.29, 1.82) is 0 Å². The maximum absolute atomic E-state index is 6.15. The van der Waals surface area contributed by atoms with Crippen molar-refractivity contribution < 1.29 is 4.74 Å². The van der Waals surface area contributed by atoms with Gasteiger partial charge in [0.1, 0.15) is 0 Å². The summed E-state index contributed by atoms with van der Waals surface area (Å²) in [5, 5.41) is 0. The normalized spacial score (nSPS) is 14.5. The van der Waals surface area contributed by atoms with Crippen LogP contribution >= 0.6 is 0 Å². The molecule has 0 aromatic heterocycles. The lowest BCUT2D eigenvalue weighted by Crippen LogP contribution is -2.48. The first kappa shape index (κ1) is 12.9. The fraction of sp³-hybridized carbons (Fsp3) is 1.00. The van der Waals surface area contributed by atoms with Gasteiger partial charge in [0.2, 0.25) is 0 Å². The van der Waals surface area contributed by atoms with Crippen molar-refractivity contribution in [2.75, 3.05) is 7.11 Å². The molecular weight excluding hydrogens is 162 g/mol. The van der Waals surface area contributed by atoms with Gasteiger partial charge >= 0.3 is 0 Å². The molecule has 0 aromatic carbocycles. The van der Waals surface area contributed by atoms with E-state index in [0.717, 1.165) is 19.3 Å². The molecule has 0 aromatic rings. The van der Waals surface area contributed by atoms with Crippen molar-refractivity contribution in [3.8, 4) is 0 Å². The zero-order valence-electron chi connectivity index (χ0n) is 9.60. The molecule has 0 saturated carbocycles. The summed E-state index contributed by atoms with van der Waals surface area (Å²) in [5.74, 6) is 0. The Morgan fingerprint density at radius 1 is 1.23 bits per heavy atom. The van der Waals surface area contributed by atoms with Crippen LogP contribution in [0.15, 0.2) is 0 Å². The third-order valence-corrected chi connectivity index (χ3v) is 3.15. The summed E-state index contributed by atoms with van der Waals surface area (Å²) in [5.41, 5.74) is 6.06. The second-order valence-corrected chi connectivity index (χ2v) is 3.72. The van der Waals surface area contributed by atoms with Crippen LogP contribution in [0.1, 0.15) is 52.9 Å². The molecule has 80 valence electrons. The maximum Gasteiger partial charge on any atom is 0.0823 e. The van der Waals surface area contributed by atoms with Crippen LogP contribution < -0.4 is 5.73 Å². The van der Waals surface area contributed by atoms with E-state index < -0.39 is 0 Å². The SMILES string of the molecule is CCCCC(N)C(CC)(CC)OC. The molecule has 2 nitrogen and oxygen atoms in total. The molecule has 0 amide bonds. The van der Waals surface area contributed by atoms with E-state index in [-0.39, 0.29) is 11.6 Å². The summed E-state index contributed by atoms with van der Waals surface area (Å²) in [6, 6.07) is 0.187. The largest absolute Gasteiger partial charge is 0.377 e. The molecule has 0 spiro atoms. The van der Waals surface area contributed by atoms with E-state index in [9.17, 15) is 0 Å². The van der Waals surface area contributed by atoms with Gasteiger partial charge in [-0.25, -0.2) is 0 Å². The number of hydrogen-bond donors (Lipinski definition) is 1. The highest BCUT2D eigenvalue weighted by Crippen LogP contribution is 2.25. The molecule has 0 bridgehead atoms. The minimum atomic E-state index is -0.0881. The van der Waals surface area contributed by atoms with Crippen LogP contribution in [-0.4, -0.2) is 18.8 Å². The second-order valence-electron chi connectivity index (χ2n) is 3.72. The summed E-state index contributed by atoms with van der Waals surface area (Å²) in [4.78, 5) is 0. The Labute approximate surface area is 82.8 Å². The van der Waals surface area contributed by atoms with Crippen LogP contribution in [0.2, 0.25) is 0 Å². The minimum Gasteiger partial charge on any atom is -0.377 e. The van der Waals surface area contributed by atoms with E-state index in [1.54, 1.807) is 7.11 Å². The van der Waals surface area contributed by atoms with Crippen LogP contribution in [0.4, 0.5) is 0 Å². The monoisotopic (exact) mass is 187 g/mol. The molecule has 13 heavy (non-hydrogen) atoms. The molecule has 1 atom stereocenters. The van der Waals surface area contributed by atoms with Crippen molar-refractivity contribution in [2.24, 2.45) is 5.73 Å². The fourth-order valence-electron chi connectivity index (χ4n) is 1.90.